The molecule has 8 rings (SSSR count). The Morgan fingerprint density at radius 3 is 1.23 bits per heavy atom. The summed E-state index contributed by atoms with van der Waals surface area (Å²) in [5.74, 6) is -0.450. The summed E-state index contributed by atoms with van der Waals surface area (Å²) in [5.41, 5.74) is 25.9. The molecule has 2 amide bonds. The van der Waals surface area contributed by atoms with Crippen LogP contribution in [0, 0.1) is 0 Å². The zero-order chi connectivity index (χ0) is 40.5. The quantitative estimate of drug-likeness (QED) is 0.0229. The van der Waals surface area contributed by atoms with Crippen molar-refractivity contribution in [1.29, 1.82) is 0 Å². The Labute approximate surface area is 348 Å². The van der Waals surface area contributed by atoms with E-state index in [9.17, 15) is 9.59 Å². The second-order valence-corrected chi connectivity index (χ2v) is 18.5. The Hall–Kier alpha value is -3.52. The van der Waals surface area contributed by atoms with Crippen molar-refractivity contribution in [2.45, 2.75) is 149 Å². The SMILES string of the molecule is NC(N)=NCCCCC(NC(=O)c1ccc(C23CCC(Cl)(CC2)CC3)cc1)O[B]OC(CCCCN=C(N)N)NC(=O)c1ccc(C23CCC(Cl)(CC2)CC3)cc1. The van der Waals surface area contributed by atoms with Crippen LogP contribution in [0.15, 0.2) is 58.5 Å². The molecule has 2 atom stereocenters. The molecule has 0 aliphatic heterocycles. The summed E-state index contributed by atoms with van der Waals surface area (Å²) in [4.78, 5) is 35.1. The third-order valence-electron chi connectivity index (χ3n) is 13.2. The summed E-state index contributed by atoms with van der Waals surface area (Å²) in [6, 6.07) is 15.9. The van der Waals surface area contributed by atoms with Gasteiger partial charge in [0.2, 0.25) is 0 Å². The lowest BCUT2D eigenvalue weighted by Crippen LogP contribution is -2.45. The molecule has 6 aliphatic carbocycles. The highest BCUT2D eigenvalue weighted by molar-refractivity contribution is 6.24. The van der Waals surface area contributed by atoms with Crippen LogP contribution in [-0.2, 0) is 20.1 Å². The van der Waals surface area contributed by atoms with Crippen LogP contribution in [-0.4, -0.2) is 66.7 Å². The minimum atomic E-state index is -0.711. The van der Waals surface area contributed by atoms with E-state index in [0.717, 1.165) is 77.0 Å². The molecule has 0 saturated heterocycles. The summed E-state index contributed by atoms with van der Waals surface area (Å²) < 4.78 is 12.1. The standard InChI is InChI=1S/C42H60BCl2N8O4/c44-41-21-15-39(16-22-41,17-23-41)31-11-7-29(8-12-31)35(54)52-33(5-1-3-27-50-37(46)47)56-43-57-34(6-2-4-28-51-38(48)49)53-36(55)30-9-13-32(14-10-30)40-18-24-42(45,25-19-40)26-20-40/h7-14,33-34H,1-6,15-28H2,(H,52,54)(H,53,55)(H4,46,47,50)(H4,48,49,51). The molecule has 2 aromatic rings. The number of fused-ring (bicyclic) bond motifs is 6. The van der Waals surface area contributed by atoms with E-state index in [2.05, 4.69) is 44.9 Å². The number of aliphatic imine (C=N–C) groups is 2. The molecule has 0 spiro atoms. The van der Waals surface area contributed by atoms with Crippen LogP contribution in [0.4, 0.5) is 0 Å². The molecule has 309 valence electrons. The zero-order valence-electron chi connectivity index (χ0n) is 33.1. The van der Waals surface area contributed by atoms with Crippen molar-refractivity contribution in [2.24, 2.45) is 32.9 Å². The molecule has 10 N–H and O–H groups in total. The fourth-order valence-corrected chi connectivity index (χ4v) is 9.94. The average molecular weight is 823 g/mol. The third kappa shape index (κ3) is 11.4. The largest absolute Gasteiger partial charge is 0.491 e. The van der Waals surface area contributed by atoms with Gasteiger partial charge in [0.15, 0.2) is 11.9 Å². The van der Waals surface area contributed by atoms with E-state index in [1.807, 2.05) is 24.3 Å². The Kier molecular flexibility index (Phi) is 14.4. The average Bonchev–Trinajstić information content (AvgIpc) is 3.21. The molecule has 12 nitrogen and oxygen atoms in total. The van der Waals surface area contributed by atoms with Crippen molar-refractivity contribution in [1.82, 2.24) is 10.6 Å². The Morgan fingerprint density at radius 2 is 0.912 bits per heavy atom. The van der Waals surface area contributed by atoms with Gasteiger partial charge in [-0.15, -0.1) is 23.2 Å². The number of guanidine groups is 2. The van der Waals surface area contributed by atoms with Gasteiger partial charge in [0.1, 0.15) is 12.5 Å². The van der Waals surface area contributed by atoms with Gasteiger partial charge in [-0.1, -0.05) is 24.3 Å². The van der Waals surface area contributed by atoms with Crippen LogP contribution in [0.1, 0.15) is 147 Å². The molecular formula is C42H60BCl2N8O4. The number of hydrogen-bond donors (Lipinski definition) is 6. The van der Waals surface area contributed by atoms with Gasteiger partial charge < -0.3 is 42.9 Å². The number of carbonyl (C=O) groups is 2. The summed E-state index contributed by atoms with van der Waals surface area (Å²) in [6.45, 7) is 0.919. The normalized spacial score (nSPS) is 27.2. The number of alkyl halides is 2. The second kappa shape index (κ2) is 19.0. The fraction of sp³-hybridized carbons (Fsp3) is 0.619. The highest BCUT2D eigenvalue weighted by Gasteiger charge is 2.49. The van der Waals surface area contributed by atoms with Crippen molar-refractivity contribution >= 4 is 54.6 Å². The van der Waals surface area contributed by atoms with Gasteiger partial charge in [-0.05, 0) is 162 Å². The molecule has 57 heavy (non-hydrogen) atoms. The first-order valence-corrected chi connectivity index (χ1v) is 21.5. The number of amides is 2. The maximum absolute atomic E-state index is 13.5. The van der Waals surface area contributed by atoms with Crippen molar-refractivity contribution in [2.75, 3.05) is 13.1 Å². The molecule has 0 aromatic heterocycles. The van der Waals surface area contributed by atoms with Crippen LogP contribution in [0.5, 0.6) is 0 Å². The number of nitrogens with one attached hydrogen (secondary N) is 2. The van der Waals surface area contributed by atoms with Gasteiger partial charge >= 0.3 is 7.69 Å². The number of carbonyl (C=O) groups excluding carboxylic acids is 2. The Balaban J connectivity index is 1.06. The van der Waals surface area contributed by atoms with Gasteiger partial charge in [-0.25, -0.2) is 0 Å². The third-order valence-corrected chi connectivity index (χ3v) is 14.3. The van der Waals surface area contributed by atoms with Crippen LogP contribution in [0.25, 0.3) is 0 Å². The van der Waals surface area contributed by atoms with Crippen molar-refractivity contribution in [3.63, 3.8) is 0 Å². The fourth-order valence-electron chi connectivity index (χ4n) is 9.37. The summed E-state index contributed by atoms with van der Waals surface area (Å²) in [6.07, 6.45) is 14.9. The first-order chi connectivity index (χ1) is 27.3. The lowest BCUT2D eigenvalue weighted by Gasteiger charge is -2.51. The predicted molar refractivity (Wildman–Crippen MR) is 228 cm³/mol. The van der Waals surface area contributed by atoms with Gasteiger partial charge in [0.25, 0.3) is 11.8 Å². The van der Waals surface area contributed by atoms with Gasteiger partial charge in [0.05, 0.1) is 0 Å². The molecule has 6 aliphatic rings. The van der Waals surface area contributed by atoms with Crippen LogP contribution >= 0.6 is 23.2 Å². The van der Waals surface area contributed by atoms with Crippen molar-refractivity contribution in [3.8, 4) is 0 Å². The minimum absolute atomic E-state index is 0.0313. The van der Waals surface area contributed by atoms with Gasteiger partial charge in [-0.3, -0.25) is 19.6 Å². The highest BCUT2D eigenvalue weighted by Crippen LogP contribution is 2.57. The Bertz CT molecular complexity index is 1560. The smallest absolute Gasteiger partial charge is 0.393 e. The van der Waals surface area contributed by atoms with E-state index >= 15 is 0 Å². The predicted octanol–water partition coefficient (Wildman–Crippen LogP) is 6.12. The number of rotatable bonds is 20. The van der Waals surface area contributed by atoms with Crippen LogP contribution < -0.4 is 33.6 Å². The summed E-state index contributed by atoms with van der Waals surface area (Å²) >= 11 is 13.6. The number of halogens is 2. The van der Waals surface area contributed by atoms with E-state index in [1.165, 1.54) is 18.8 Å². The van der Waals surface area contributed by atoms with E-state index < -0.39 is 12.5 Å². The minimum Gasteiger partial charge on any atom is -0.393 e. The van der Waals surface area contributed by atoms with Crippen LogP contribution in [0.2, 0.25) is 0 Å². The summed E-state index contributed by atoms with van der Waals surface area (Å²) in [7, 11) is 1.21. The molecule has 15 heteroatoms. The molecule has 1 radical (unpaired) electrons. The van der Waals surface area contributed by atoms with E-state index in [0.29, 0.717) is 62.7 Å². The van der Waals surface area contributed by atoms with Crippen LogP contribution in [0.3, 0.4) is 0 Å². The van der Waals surface area contributed by atoms with E-state index in [-0.39, 0.29) is 44.3 Å². The molecule has 4 bridgehead atoms. The number of unbranched alkanes of at least 4 members (excludes halogenated alkanes) is 2. The Morgan fingerprint density at radius 1 is 0.579 bits per heavy atom. The molecule has 2 aromatic carbocycles. The molecular weight excluding hydrogens is 762 g/mol. The molecule has 6 fully saturated rings. The maximum Gasteiger partial charge on any atom is 0.491 e. The molecule has 2 unspecified atom stereocenters. The van der Waals surface area contributed by atoms with E-state index in [1.54, 1.807) is 0 Å². The first-order valence-electron chi connectivity index (χ1n) is 20.7. The second-order valence-electron chi connectivity index (χ2n) is 16.9. The number of nitrogens with two attached hydrogens (primary N) is 4. The number of nitrogens with zero attached hydrogens (tertiary/aromatic N) is 2. The maximum atomic E-state index is 13.5. The topological polar surface area (TPSA) is 205 Å². The van der Waals surface area contributed by atoms with Crippen molar-refractivity contribution < 1.29 is 18.9 Å². The van der Waals surface area contributed by atoms with Crippen molar-refractivity contribution in [3.05, 3.63) is 70.8 Å². The summed E-state index contributed by atoms with van der Waals surface area (Å²) in [5, 5.41) is 6.03. The molecule has 6 saturated carbocycles. The van der Waals surface area contributed by atoms with Gasteiger partial charge in [0, 0.05) is 34.0 Å². The zero-order valence-corrected chi connectivity index (χ0v) is 34.6. The first kappa shape index (κ1) is 43.1. The lowest BCUT2D eigenvalue weighted by atomic mass is 9.57. The number of benzene rings is 2. The van der Waals surface area contributed by atoms with Gasteiger partial charge in [-0.2, -0.15) is 0 Å². The number of hydrogen-bond acceptors (Lipinski definition) is 6. The molecule has 0 heterocycles. The lowest BCUT2D eigenvalue weighted by molar-refractivity contribution is 0.0598. The monoisotopic (exact) mass is 821 g/mol. The highest BCUT2D eigenvalue weighted by atomic mass is 35.5. The van der Waals surface area contributed by atoms with E-state index in [4.69, 9.17) is 55.4 Å².